The van der Waals surface area contributed by atoms with Crippen LogP contribution in [0, 0.1) is 0 Å². The molecule has 0 saturated carbocycles. The molecule has 0 radical (unpaired) electrons. The fourth-order valence-electron chi connectivity index (χ4n) is 8.11. The quantitative estimate of drug-likeness (QED) is 0.211. The highest BCUT2D eigenvalue weighted by atomic mass is 15.3. The summed E-state index contributed by atoms with van der Waals surface area (Å²) in [5.41, 5.74) is 15.9. The van der Waals surface area contributed by atoms with Gasteiger partial charge in [0.25, 0.3) is 0 Å². The van der Waals surface area contributed by atoms with Gasteiger partial charge in [0.05, 0.1) is 17.2 Å². The van der Waals surface area contributed by atoms with Crippen LogP contribution in [0.2, 0.25) is 0 Å². The first-order valence-electron chi connectivity index (χ1n) is 15.5. The van der Waals surface area contributed by atoms with Crippen LogP contribution < -0.4 is 11.2 Å². The van der Waals surface area contributed by atoms with Crippen LogP contribution in [0.25, 0.3) is 44.3 Å². The van der Waals surface area contributed by atoms with E-state index in [1.807, 2.05) is 0 Å². The molecule has 0 amide bonds. The highest BCUT2D eigenvalue weighted by Crippen LogP contribution is 2.51. The molecule has 1 heterocycles. The van der Waals surface area contributed by atoms with Gasteiger partial charge in [0.2, 0.25) is 0 Å². The third kappa shape index (κ3) is 3.75. The molecule has 2 unspecified atom stereocenters. The van der Waals surface area contributed by atoms with E-state index >= 15 is 0 Å². The lowest BCUT2D eigenvalue weighted by molar-refractivity contribution is -0.618. The summed E-state index contributed by atoms with van der Waals surface area (Å²) in [5, 5.41) is 3.72. The molecule has 0 bridgehead atoms. The van der Waals surface area contributed by atoms with Crippen LogP contribution >= 0.6 is 0 Å². The number of fused-ring (bicyclic) bond motifs is 8. The molecule has 3 nitrogen and oxygen atoms in total. The largest absolute Gasteiger partial charge is 0.311 e. The topological polar surface area (TPSA) is 49.2 Å². The van der Waals surface area contributed by atoms with Crippen molar-refractivity contribution in [1.29, 1.82) is 0 Å². The molecule has 2 atom stereocenters. The first kappa shape index (κ1) is 26.2. The van der Waals surface area contributed by atoms with Crippen LogP contribution in [0.1, 0.15) is 50.1 Å². The van der Waals surface area contributed by atoms with Gasteiger partial charge in [-0.1, -0.05) is 98.8 Å². The molecule has 212 valence electrons. The minimum Gasteiger partial charge on any atom is -0.311 e. The lowest BCUT2D eigenvalue weighted by Gasteiger charge is -2.38. The Hall–Kier alpha value is -4.44. The van der Waals surface area contributed by atoms with Crippen LogP contribution in [-0.2, 0) is 17.3 Å². The van der Waals surface area contributed by atoms with Gasteiger partial charge in [-0.3, -0.25) is 5.84 Å². The minimum atomic E-state index is -0.108. The summed E-state index contributed by atoms with van der Waals surface area (Å²) in [6, 6.07) is 43.0. The average molecular weight is 562 g/mol. The van der Waals surface area contributed by atoms with E-state index in [2.05, 4.69) is 159 Å². The van der Waals surface area contributed by atoms with E-state index in [1.54, 1.807) is 0 Å². The molecule has 8 rings (SSSR count). The van der Waals surface area contributed by atoms with Crippen molar-refractivity contribution < 1.29 is 11.2 Å². The maximum absolute atomic E-state index is 4.67. The Balaban J connectivity index is 1.30. The fourth-order valence-corrected chi connectivity index (χ4v) is 8.11. The van der Waals surface area contributed by atoms with Gasteiger partial charge in [-0.15, -0.1) is 0 Å². The number of nitrogens with two attached hydrogens (primary N) is 1. The van der Waals surface area contributed by atoms with E-state index in [1.165, 1.54) is 72.4 Å². The maximum atomic E-state index is 4.67. The summed E-state index contributed by atoms with van der Waals surface area (Å²) in [5.74, 6) is 4.67. The van der Waals surface area contributed by atoms with E-state index in [0.717, 1.165) is 6.42 Å². The van der Waals surface area contributed by atoms with E-state index < -0.39 is 0 Å². The van der Waals surface area contributed by atoms with E-state index in [-0.39, 0.29) is 10.8 Å². The summed E-state index contributed by atoms with van der Waals surface area (Å²) in [6.07, 6.45) is 0.986. The highest BCUT2D eigenvalue weighted by Gasteiger charge is 2.46. The second-order valence-electron chi connectivity index (χ2n) is 13.4. The molecule has 0 fully saturated rings. The Morgan fingerprint density at radius 1 is 0.698 bits per heavy atom. The zero-order valence-electron chi connectivity index (χ0n) is 25.5. The third-order valence-electron chi connectivity index (χ3n) is 10.6. The second kappa shape index (κ2) is 9.28. The number of nitrogens with zero attached hydrogens (tertiary/aromatic N) is 1. The van der Waals surface area contributed by atoms with Crippen LogP contribution in [0.4, 0.5) is 5.69 Å². The number of hydrogen-bond acceptors (Lipinski definition) is 0. The van der Waals surface area contributed by atoms with E-state index in [9.17, 15) is 0 Å². The summed E-state index contributed by atoms with van der Waals surface area (Å²) in [7, 11) is 0. The second-order valence-corrected chi connectivity index (χ2v) is 13.4. The standard InChI is InChI=1S/C40H37N3/c1-25(42-29-13-6-5-7-14-29)40(4)24-28-12-8-9-15-30(28)37-33-23-27(19-21-36(33)43(41)38(37)40)26-18-20-35-32(22-26)31-16-10-11-17-34(31)39(35,2)3/h5-23,25,42H,24,41H2,1-4H3/p+2. The van der Waals surface area contributed by atoms with Crippen molar-refractivity contribution in [2.45, 2.75) is 51.0 Å². The average Bonchev–Trinajstić information content (AvgIpc) is 3.45. The number of rotatable bonds is 4. The number of aromatic nitrogens is 1. The molecule has 6 aromatic rings. The molecule has 2 aliphatic rings. The summed E-state index contributed by atoms with van der Waals surface area (Å²) in [6.45, 7) is 9.50. The normalized spacial score (nSPS) is 18.5. The molecule has 0 saturated heterocycles. The molecular formula is C40H39N3+2. The van der Waals surface area contributed by atoms with Gasteiger partial charge in [-0.2, -0.15) is 4.68 Å². The number of hydrogen-bond donors (Lipinski definition) is 2. The summed E-state index contributed by atoms with van der Waals surface area (Å²) < 4.78 is 2.24. The van der Waals surface area contributed by atoms with Gasteiger partial charge in [0, 0.05) is 16.4 Å². The van der Waals surface area contributed by atoms with Crippen molar-refractivity contribution in [2.24, 2.45) is 0 Å². The monoisotopic (exact) mass is 561 g/mol. The number of benzene rings is 5. The molecule has 0 aliphatic heterocycles. The Kier molecular flexibility index (Phi) is 5.65. The van der Waals surface area contributed by atoms with Crippen molar-refractivity contribution in [3.05, 3.63) is 138 Å². The molecule has 2 aliphatic carbocycles. The smallest absolute Gasteiger partial charge is 0.129 e. The minimum absolute atomic E-state index is 0.0141. The molecule has 5 aromatic carbocycles. The van der Waals surface area contributed by atoms with Crippen molar-refractivity contribution >= 4 is 16.6 Å². The van der Waals surface area contributed by atoms with Crippen LogP contribution in [0.3, 0.4) is 0 Å². The van der Waals surface area contributed by atoms with Crippen LogP contribution in [0.5, 0.6) is 0 Å². The van der Waals surface area contributed by atoms with Gasteiger partial charge >= 0.3 is 0 Å². The van der Waals surface area contributed by atoms with Crippen LogP contribution in [0.15, 0.2) is 115 Å². The molecular weight excluding hydrogens is 522 g/mol. The van der Waals surface area contributed by atoms with Gasteiger partial charge in [0.1, 0.15) is 11.2 Å². The lowest BCUT2D eigenvalue weighted by atomic mass is 9.68. The highest BCUT2D eigenvalue weighted by molar-refractivity contribution is 6.02. The lowest BCUT2D eigenvalue weighted by Crippen LogP contribution is -2.88. The SMILES string of the molecule is CC([NH2+]c1ccccc1)C1(C)Cc2ccccc2-c2c1n([NH3+])c1ccc(-c3ccc4c(c3)-c3ccccc3C4(C)C)cc21. The van der Waals surface area contributed by atoms with Gasteiger partial charge < -0.3 is 5.32 Å². The number of quaternary nitrogens is 2. The van der Waals surface area contributed by atoms with Crippen molar-refractivity contribution in [1.82, 2.24) is 4.68 Å². The fraction of sp³-hybridized carbons (Fsp3) is 0.200. The van der Waals surface area contributed by atoms with Crippen LogP contribution in [-0.4, -0.2) is 10.7 Å². The zero-order valence-corrected chi connectivity index (χ0v) is 25.5. The third-order valence-corrected chi connectivity index (χ3v) is 10.6. The molecule has 5 N–H and O–H groups in total. The van der Waals surface area contributed by atoms with Crippen molar-refractivity contribution in [3.8, 4) is 33.4 Å². The molecule has 3 heteroatoms. The molecule has 0 spiro atoms. The molecule has 1 aromatic heterocycles. The predicted molar refractivity (Wildman–Crippen MR) is 177 cm³/mol. The Morgan fingerprint density at radius 3 is 2.16 bits per heavy atom. The van der Waals surface area contributed by atoms with Gasteiger partial charge in [-0.05, 0) is 95.1 Å². The van der Waals surface area contributed by atoms with Gasteiger partial charge in [-0.25, -0.2) is 0 Å². The number of para-hydroxylation sites is 1. The van der Waals surface area contributed by atoms with E-state index in [4.69, 9.17) is 0 Å². The predicted octanol–water partition coefficient (Wildman–Crippen LogP) is 7.38. The molecule has 43 heavy (non-hydrogen) atoms. The van der Waals surface area contributed by atoms with E-state index in [0.29, 0.717) is 6.04 Å². The summed E-state index contributed by atoms with van der Waals surface area (Å²) in [4.78, 5) is 0. The Morgan fingerprint density at radius 2 is 1.35 bits per heavy atom. The van der Waals surface area contributed by atoms with Gasteiger partial charge in [0.15, 0.2) is 0 Å². The Labute approximate surface area is 254 Å². The first-order chi connectivity index (χ1) is 20.8. The summed E-state index contributed by atoms with van der Waals surface area (Å²) >= 11 is 0. The maximum Gasteiger partial charge on any atom is 0.129 e. The first-order valence-corrected chi connectivity index (χ1v) is 15.5. The zero-order chi connectivity index (χ0) is 29.5. The Bertz CT molecular complexity index is 2050. The van der Waals surface area contributed by atoms with Crippen molar-refractivity contribution in [3.63, 3.8) is 0 Å². The van der Waals surface area contributed by atoms with Crippen molar-refractivity contribution in [2.75, 3.05) is 0 Å².